The molecule has 0 saturated heterocycles. The van der Waals surface area contributed by atoms with Crippen LogP contribution in [0.3, 0.4) is 0 Å². The Labute approximate surface area is 136 Å². The third kappa shape index (κ3) is 3.41. The highest BCUT2D eigenvalue weighted by atomic mass is 28.4. The molecule has 0 radical (unpaired) electrons. The summed E-state index contributed by atoms with van der Waals surface area (Å²) >= 11 is 0. The minimum atomic E-state index is -1.48. The molecule has 0 N–H and O–H groups in total. The van der Waals surface area contributed by atoms with Gasteiger partial charge >= 0.3 is 0 Å². The molecule has 2 aliphatic rings. The Bertz CT molecular complexity index is 497. The minimum Gasteiger partial charge on any atom is -0.493 e. The van der Waals surface area contributed by atoms with Crippen molar-refractivity contribution >= 4 is 8.32 Å². The van der Waals surface area contributed by atoms with Gasteiger partial charge in [-0.1, -0.05) is 37.0 Å². The normalized spacial score (nSPS) is 26.9. The van der Waals surface area contributed by atoms with Crippen LogP contribution < -0.4 is 4.74 Å². The molecule has 1 spiro atoms. The summed E-state index contributed by atoms with van der Waals surface area (Å²) in [5.41, 5.74) is 1.71. The summed E-state index contributed by atoms with van der Waals surface area (Å²) in [6.45, 7) is 9.84. The summed E-state index contributed by atoms with van der Waals surface area (Å²) in [6.07, 6.45) is 7.25. The first-order chi connectivity index (χ1) is 10.4. The maximum atomic E-state index is 6.52. The summed E-state index contributed by atoms with van der Waals surface area (Å²) in [5, 5.41) is 0. The van der Waals surface area contributed by atoms with Crippen LogP contribution in [0.15, 0.2) is 24.3 Å². The standard InChI is InChI=1S/C19H30O2Si/c1-15-8-10-16(11-9-15)20-14-17-18(21-22(2,3)4)19(17)12-6-5-7-13-19/h8-11,17-18H,5-7,12-14H2,1-4H3/t17-,18-/m0/s1. The highest BCUT2D eigenvalue weighted by molar-refractivity contribution is 6.69. The number of rotatable bonds is 5. The lowest BCUT2D eigenvalue weighted by Gasteiger charge is -2.25. The highest BCUT2D eigenvalue weighted by Crippen LogP contribution is 2.63. The third-order valence-electron chi connectivity index (χ3n) is 5.28. The van der Waals surface area contributed by atoms with Crippen molar-refractivity contribution < 1.29 is 9.16 Å². The first-order valence-corrected chi connectivity index (χ1v) is 12.2. The summed E-state index contributed by atoms with van der Waals surface area (Å²) in [6, 6.07) is 8.41. The minimum absolute atomic E-state index is 0.434. The zero-order chi connectivity index (χ0) is 15.8. The molecule has 0 unspecified atom stereocenters. The van der Waals surface area contributed by atoms with Gasteiger partial charge in [-0.2, -0.15) is 0 Å². The van der Waals surface area contributed by atoms with Crippen molar-refractivity contribution in [3.63, 3.8) is 0 Å². The first-order valence-electron chi connectivity index (χ1n) is 8.78. The quantitative estimate of drug-likeness (QED) is 0.697. The molecule has 0 aliphatic heterocycles. The van der Waals surface area contributed by atoms with E-state index in [0.29, 0.717) is 17.4 Å². The molecule has 3 heteroatoms. The lowest BCUT2D eigenvalue weighted by molar-refractivity contribution is 0.200. The van der Waals surface area contributed by atoms with Crippen LogP contribution in [0, 0.1) is 18.3 Å². The molecule has 2 atom stereocenters. The largest absolute Gasteiger partial charge is 0.493 e. The molecule has 122 valence electrons. The molecule has 0 heterocycles. The molecule has 2 aliphatic carbocycles. The Hall–Kier alpha value is -0.803. The van der Waals surface area contributed by atoms with E-state index in [9.17, 15) is 0 Å². The molecule has 1 aromatic rings. The maximum Gasteiger partial charge on any atom is 0.184 e. The van der Waals surface area contributed by atoms with Crippen molar-refractivity contribution in [2.45, 2.75) is 64.8 Å². The van der Waals surface area contributed by atoms with E-state index in [-0.39, 0.29) is 0 Å². The SMILES string of the molecule is Cc1ccc(OC[C@H]2[C@H](O[Si](C)(C)C)C23CCCCC3)cc1. The Balaban J connectivity index is 1.64. The molecule has 22 heavy (non-hydrogen) atoms. The first kappa shape index (κ1) is 16.1. The topological polar surface area (TPSA) is 18.5 Å². The van der Waals surface area contributed by atoms with Gasteiger partial charge in [0.05, 0.1) is 12.7 Å². The zero-order valence-corrected chi connectivity index (χ0v) is 15.5. The highest BCUT2D eigenvalue weighted by Gasteiger charge is 2.65. The van der Waals surface area contributed by atoms with Gasteiger partial charge in [0.25, 0.3) is 0 Å². The number of aryl methyl sites for hydroxylation is 1. The van der Waals surface area contributed by atoms with Crippen LogP contribution in [-0.4, -0.2) is 21.0 Å². The predicted octanol–water partition coefficient (Wildman–Crippen LogP) is 5.17. The lowest BCUT2D eigenvalue weighted by Crippen LogP contribution is -2.29. The van der Waals surface area contributed by atoms with Crippen LogP contribution in [0.2, 0.25) is 19.6 Å². The predicted molar refractivity (Wildman–Crippen MR) is 93.9 cm³/mol. The number of benzene rings is 1. The monoisotopic (exact) mass is 318 g/mol. The zero-order valence-electron chi connectivity index (χ0n) is 14.5. The Morgan fingerprint density at radius 1 is 1.05 bits per heavy atom. The molecule has 2 fully saturated rings. The van der Waals surface area contributed by atoms with Crippen molar-refractivity contribution in [3.05, 3.63) is 29.8 Å². The molecular weight excluding hydrogens is 288 g/mol. The summed E-state index contributed by atoms with van der Waals surface area (Å²) in [4.78, 5) is 0. The second-order valence-corrected chi connectivity index (χ2v) is 12.6. The molecule has 0 aromatic heterocycles. The Morgan fingerprint density at radius 2 is 1.68 bits per heavy atom. The van der Waals surface area contributed by atoms with Crippen molar-refractivity contribution in [2.75, 3.05) is 6.61 Å². The molecule has 3 rings (SSSR count). The van der Waals surface area contributed by atoms with Gasteiger partial charge in [-0.25, -0.2) is 0 Å². The summed E-state index contributed by atoms with van der Waals surface area (Å²) in [5.74, 6) is 1.59. The second kappa shape index (κ2) is 6.01. The van der Waals surface area contributed by atoms with E-state index in [0.717, 1.165) is 12.4 Å². The molecular formula is C19H30O2Si. The van der Waals surface area contributed by atoms with Gasteiger partial charge in [-0.05, 0) is 51.5 Å². The van der Waals surface area contributed by atoms with E-state index in [1.807, 2.05) is 0 Å². The Kier molecular flexibility index (Phi) is 4.39. The number of ether oxygens (including phenoxy) is 1. The fraction of sp³-hybridized carbons (Fsp3) is 0.684. The maximum absolute atomic E-state index is 6.52. The van der Waals surface area contributed by atoms with Crippen molar-refractivity contribution in [1.82, 2.24) is 0 Å². The number of hydrogen-bond acceptors (Lipinski definition) is 2. The molecule has 2 saturated carbocycles. The molecule has 1 aromatic carbocycles. The van der Waals surface area contributed by atoms with Crippen molar-refractivity contribution in [3.8, 4) is 5.75 Å². The van der Waals surface area contributed by atoms with E-state index < -0.39 is 8.32 Å². The van der Waals surface area contributed by atoms with Gasteiger partial charge in [0.1, 0.15) is 5.75 Å². The van der Waals surface area contributed by atoms with E-state index in [2.05, 4.69) is 50.8 Å². The van der Waals surface area contributed by atoms with Gasteiger partial charge < -0.3 is 9.16 Å². The Morgan fingerprint density at radius 3 is 2.27 bits per heavy atom. The van der Waals surface area contributed by atoms with Crippen LogP contribution in [0.1, 0.15) is 37.7 Å². The molecule has 0 amide bonds. The third-order valence-corrected chi connectivity index (χ3v) is 6.24. The lowest BCUT2D eigenvalue weighted by atomic mass is 9.84. The summed E-state index contributed by atoms with van der Waals surface area (Å²) < 4.78 is 12.6. The average molecular weight is 319 g/mol. The van der Waals surface area contributed by atoms with Gasteiger partial charge in [0.2, 0.25) is 0 Å². The van der Waals surface area contributed by atoms with Gasteiger partial charge in [-0.3, -0.25) is 0 Å². The van der Waals surface area contributed by atoms with Gasteiger partial charge in [0, 0.05) is 11.3 Å². The fourth-order valence-corrected chi connectivity index (χ4v) is 5.22. The van der Waals surface area contributed by atoms with Crippen LogP contribution in [0.25, 0.3) is 0 Å². The van der Waals surface area contributed by atoms with E-state index in [1.54, 1.807) is 0 Å². The molecule has 2 nitrogen and oxygen atoms in total. The second-order valence-electron chi connectivity index (χ2n) is 8.18. The smallest absolute Gasteiger partial charge is 0.184 e. The van der Waals surface area contributed by atoms with Crippen LogP contribution in [0.4, 0.5) is 0 Å². The van der Waals surface area contributed by atoms with Crippen LogP contribution in [-0.2, 0) is 4.43 Å². The van der Waals surface area contributed by atoms with E-state index in [4.69, 9.17) is 9.16 Å². The average Bonchev–Trinajstić information content (AvgIpc) is 3.01. The number of hydrogen-bond donors (Lipinski definition) is 0. The van der Waals surface area contributed by atoms with Crippen molar-refractivity contribution in [1.29, 1.82) is 0 Å². The van der Waals surface area contributed by atoms with E-state index in [1.165, 1.54) is 37.7 Å². The van der Waals surface area contributed by atoms with Crippen LogP contribution in [0.5, 0.6) is 5.75 Å². The van der Waals surface area contributed by atoms with E-state index >= 15 is 0 Å². The van der Waals surface area contributed by atoms with Gasteiger partial charge in [0.15, 0.2) is 8.32 Å². The van der Waals surface area contributed by atoms with Crippen molar-refractivity contribution in [2.24, 2.45) is 11.3 Å². The molecule has 0 bridgehead atoms. The fourth-order valence-electron chi connectivity index (χ4n) is 4.06. The summed E-state index contributed by atoms with van der Waals surface area (Å²) in [7, 11) is -1.48. The van der Waals surface area contributed by atoms with Crippen LogP contribution >= 0.6 is 0 Å². The van der Waals surface area contributed by atoms with Gasteiger partial charge in [-0.15, -0.1) is 0 Å².